The third-order valence-corrected chi connectivity index (χ3v) is 3.02. The molecule has 2 N–H and O–H groups in total. The zero-order valence-corrected chi connectivity index (χ0v) is 13.4. The summed E-state index contributed by atoms with van der Waals surface area (Å²) in [5.74, 6) is -0.743. The van der Waals surface area contributed by atoms with E-state index in [4.69, 9.17) is 0 Å². The molecule has 9 heteroatoms. The molecule has 0 unspecified atom stereocenters. The molecule has 0 fully saturated rings. The van der Waals surface area contributed by atoms with E-state index in [-0.39, 0.29) is 25.6 Å². The van der Waals surface area contributed by atoms with E-state index in [9.17, 15) is 19.2 Å². The Balaban J connectivity index is 2.45. The number of anilines is 1. The fraction of sp³-hybridized carbons (Fsp3) is 0.333. The van der Waals surface area contributed by atoms with Crippen molar-refractivity contribution >= 4 is 30.1 Å². The van der Waals surface area contributed by atoms with Crippen LogP contribution >= 0.6 is 0 Å². The number of amides is 3. The van der Waals surface area contributed by atoms with Gasteiger partial charge in [-0.2, -0.15) is 0 Å². The fourth-order valence-electron chi connectivity index (χ4n) is 1.63. The quantitative estimate of drug-likeness (QED) is 0.518. The zero-order valence-electron chi connectivity index (χ0n) is 13.4. The molecule has 1 aromatic rings. The second-order valence-electron chi connectivity index (χ2n) is 4.66. The van der Waals surface area contributed by atoms with Crippen LogP contribution in [0.3, 0.4) is 0 Å². The number of carbonyl (C=O) groups excluding carboxylic acids is 4. The van der Waals surface area contributed by atoms with E-state index < -0.39 is 12.0 Å². The third kappa shape index (κ3) is 6.34. The number of methoxy groups -OCH3 is 1. The maximum absolute atomic E-state index is 12.0. The third-order valence-electron chi connectivity index (χ3n) is 3.02. The lowest BCUT2D eigenvalue weighted by Gasteiger charge is -2.16. The number of hydrogen-bond donors (Lipinski definition) is 2. The molecule has 0 aliphatic rings. The van der Waals surface area contributed by atoms with Gasteiger partial charge in [0.1, 0.15) is 6.61 Å². The Bertz CT molecular complexity index is 587. The fourth-order valence-corrected chi connectivity index (χ4v) is 1.63. The van der Waals surface area contributed by atoms with Crippen LogP contribution in [-0.4, -0.2) is 63.1 Å². The van der Waals surface area contributed by atoms with E-state index in [1.807, 2.05) is 0 Å². The molecule has 3 amide bonds. The molecule has 0 aromatic heterocycles. The largest absolute Gasteiger partial charge is 0.466 e. The van der Waals surface area contributed by atoms with Gasteiger partial charge in [0.25, 0.3) is 12.4 Å². The van der Waals surface area contributed by atoms with Crippen LogP contribution in [0, 0.1) is 0 Å². The first kappa shape index (κ1) is 18.9. The number of nitrogens with zero attached hydrogens (tertiary/aromatic N) is 1. The monoisotopic (exact) mass is 337 g/mol. The molecule has 24 heavy (non-hydrogen) atoms. The molecule has 0 spiro atoms. The normalized spacial score (nSPS) is 9.58. The number of rotatable bonds is 8. The minimum absolute atomic E-state index is 0.0916. The number of ether oxygens (including phenoxy) is 2. The van der Waals surface area contributed by atoms with E-state index >= 15 is 0 Å². The van der Waals surface area contributed by atoms with Crippen LogP contribution in [0.4, 0.5) is 10.5 Å². The van der Waals surface area contributed by atoms with Gasteiger partial charge in [0.2, 0.25) is 5.91 Å². The summed E-state index contributed by atoms with van der Waals surface area (Å²) in [6, 6.07) is 6.09. The van der Waals surface area contributed by atoms with Crippen molar-refractivity contribution in [2.75, 3.05) is 39.2 Å². The van der Waals surface area contributed by atoms with Gasteiger partial charge in [-0.3, -0.25) is 19.7 Å². The number of carbonyl (C=O) groups is 4. The minimum Gasteiger partial charge on any atom is -0.466 e. The van der Waals surface area contributed by atoms with Crippen LogP contribution in [0.2, 0.25) is 0 Å². The molecular formula is C15H19N3O6. The Morgan fingerprint density at radius 3 is 2.46 bits per heavy atom. The maximum atomic E-state index is 12.0. The lowest BCUT2D eigenvalue weighted by Crippen LogP contribution is -2.39. The van der Waals surface area contributed by atoms with Crippen molar-refractivity contribution in [2.24, 2.45) is 0 Å². The van der Waals surface area contributed by atoms with Crippen LogP contribution in [0.25, 0.3) is 0 Å². The van der Waals surface area contributed by atoms with Crippen molar-refractivity contribution in [1.82, 2.24) is 10.2 Å². The van der Waals surface area contributed by atoms with Gasteiger partial charge in [-0.25, -0.2) is 4.79 Å². The average Bonchev–Trinajstić information content (AvgIpc) is 2.59. The molecule has 0 aliphatic carbocycles. The first-order valence-electron chi connectivity index (χ1n) is 7.00. The van der Waals surface area contributed by atoms with E-state index in [0.29, 0.717) is 17.7 Å². The minimum atomic E-state index is -0.612. The van der Waals surface area contributed by atoms with Gasteiger partial charge in [-0.1, -0.05) is 0 Å². The molecular weight excluding hydrogens is 318 g/mol. The van der Waals surface area contributed by atoms with Gasteiger partial charge < -0.3 is 19.7 Å². The van der Waals surface area contributed by atoms with Crippen molar-refractivity contribution in [2.45, 2.75) is 0 Å². The van der Waals surface area contributed by atoms with Gasteiger partial charge in [0.15, 0.2) is 0 Å². The van der Waals surface area contributed by atoms with Crippen molar-refractivity contribution in [3.63, 3.8) is 0 Å². The van der Waals surface area contributed by atoms with Gasteiger partial charge in [-0.15, -0.1) is 0 Å². The smallest absolute Gasteiger partial charge is 0.411 e. The number of nitrogens with one attached hydrogen (secondary N) is 2. The second kappa shape index (κ2) is 9.82. The highest BCUT2D eigenvalue weighted by atomic mass is 16.5. The highest BCUT2D eigenvalue weighted by Crippen LogP contribution is 2.09. The van der Waals surface area contributed by atoms with Crippen LogP contribution < -0.4 is 10.6 Å². The number of benzene rings is 1. The molecule has 130 valence electrons. The van der Waals surface area contributed by atoms with Gasteiger partial charge >= 0.3 is 6.09 Å². The lowest BCUT2D eigenvalue weighted by molar-refractivity contribution is -0.133. The van der Waals surface area contributed by atoms with Crippen molar-refractivity contribution in [1.29, 1.82) is 0 Å². The zero-order chi connectivity index (χ0) is 17.9. The number of likely N-dealkylation sites (N-methyl/N-ethyl adjacent to an activating group) is 1. The Morgan fingerprint density at radius 2 is 1.88 bits per heavy atom. The molecule has 9 nitrogen and oxygen atoms in total. The summed E-state index contributed by atoms with van der Waals surface area (Å²) >= 11 is 0. The van der Waals surface area contributed by atoms with Gasteiger partial charge in [-0.05, 0) is 24.3 Å². The van der Waals surface area contributed by atoms with Crippen molar-refractivity contribution in [3.05, 3.63) is 29.8 Å². The summed E-state index contributed by atoms with van der Waals surface area (Å²) in [6.07, 6.45) is -0.612. The predicted octanol–water partition coefficient (Wildman–Crippen LogP) is 0.226. The van der Waals surface area contributed by atoms with E-state index in [2.05, 4.69) is 20.1 Å². The Labute approximate surface area is 138 Å². The standard InChI is InChI=1S/C15H19N3O6/c1-18(7-8-24-10-19)13(20)9-16-14(21)11-3-5-12(6-4-11)17-15(22)23-2/h3-6,10H,7-9H2,1-2H3,(H,16,21)(H,17,22). The second-order valence-corrected chi connectivity index (χ2v) is 4.66. The topological polar surface area (TPSA) is 114 Å². The molecule has 1 rings (SSSR count). The Hall–Kier alpha value is -3.10. The highest BCUT2D eigenvalue weighted by molar-refractivity contribution is 5.97. The molecule has 1 aromatic carbocycles. The molecule has 0 saturated carbocycles. The first-order chi connectivity index (χ1) is 11.5. The van der Waals surface area contributed by atoms with Crippen molar-refractivity contribution in [3.8, 4) is 0 Å². The van der Waals surface area contributed by atoms with E-state index in [1.165, 1.54) is 43.3 Å². The SMILES string of the molecule is COC(=O)Nc1ccc(C(=O)NCC(=O)N(C)CCOC=O)cc1. The molecule has 0 atom stereocenters. The van der Waals surface area contributed by atoms with Gasteiger partial charge in [0.05, 0.1) is 20.2 Å². The molecule has 0 bridgehead atoms. The van der Waals surface area contributed by atoms with E-state index in [0.717, 1.165) is 0 Å². The summed E-state index contributed by atoms with van der Waals surface area (Å²) in [7, 11) is 2.78. The van der Waals surface area contributed by atoms with Crippen molar-refractivity contribution < 1.29 is 28.7 Å². The molecule has 0 heterocycles. The average molecular weight is 337 g/mol. The molecule has 0 saturated heterocycles. The maximum Gasteiger partial charge on any atom is 0.411 e. The first-order valence-corrected chi connectivity index (χ1v) is 7.00. The van der Waals surface area contributed by atoms with E-state index in [1.54, 1.807) is 0 Å². The van der Waals surface area contributed by atoms with Crippen LogP contribution in [0.15, 0.2) is 24.3 Å². The highest BCUT2D eigenvalue weighted by Gasteiger charge is 2.12. The molecule has 0 radical (unpaired) electrons. The summed E-state index contributed by atoms with van der Waals surface area (Å²) in [5.41, 5.74) is 0.814. The Morgan fingerprint density at radius 1 is 1.21 bits per heavy atom. The summed E-state index contributed by atoms with van der Waals surface area (Å²) in [4.78, 5) is 46.2. The Kier molecular flexibility index (Phi) is 7.76. The summed E-state index contributed by atoms with van der Waals surface area (Å²) in [6.45, 7) is 0.451. The predicted molar refractivity (Wildman–Crippen MR) is 84.5 cm³/mol. The summed E-state index contributed by atoms with van der Waals surface area (Å²) < 4.78 is 8.95. The van der Waals surface area contributed by atoms with Crippen LogP contribution in [-0.2, 0) is 19.1 Å². The van der Waals surface area contributed by atoms with Gasteiger partial charge in [0, 0.05) is 18.3 Å². The number of hydrogen-bond acceptors (Lipinski definition) is 6. The summed E-state index contributed by atoms with van der Waals surface area (Å²) in [5, 5.41) is 4.95. The molecule has 0 aliphatic heterocycles. The lowest BCUT2D eigenvalue weighted by atomic mass is 10.2. The van der Waals surface area contributed by atoms with Crippen LogP contribution in [0.5, 0.6) is 0 Å². The van der Waals surface area contributed by atoms with Crippen LogP contribution in [0.1, 0.15) is 10.4 Å².